The zero-order valence-electron chi connectivity index (χ0n) is 19.1. The average molecular weight is 446 g/mol. The summed E-state index contributed by atoms with van der Waals surface area (Å²) in [4.78, 5) is 14.8. The highest BCUT2D eigenvalue weighted by Gasteiger charge is 2.24. The molecule has 0 saturated heterocycles. The summed E-state index contributed by atoms with van der Waals surface area (Å²) < 4.78 is 7.24. The van der Waals surface area contributed by atoms with Crippen molar-refractivity contribution >= 4 is 17.7 Å². The molecular formula is C23H35N5O2S. The lowest BCUT2D eigenvalue weighted by Gasteiger charge is -2.33. The van der Waals surface area contributed by atoms with Crippen molar-refractivity contribution in [1.82, 2.24) is 19.8 Å². The fourth-order valence-electron chi connectivity index (χ4n) is 3.94. The Kier molecular flexibility index (Phi) is 7.86. The Labute approximate surface area is 189 Å². The van der Waals surface area contributed by atoms with Crippen LogP contribution in [0.3, 0.4) is 0 Å². The summed E-state index contributed by atoms with van der Waals surface area (Å²) in [7, 11) is 0. The van der Waals surface area contributed by atoms with Crippen molar-refractivity contribution in [2.24, 2.45) is 0 Å². The minimum absolute atomic E-state index is 0.101. The van der Waals surface area contributed by atoms with Crippen LogP contribution in [0.25, 0.3) is 0 Å². The van der Waals surface area contributed by atoms with Crippen LogP contribution >= 0.6 is 11.8 Å². The maximum atomic E-state index is 12.8. The minimum Gasteiger partial charge on any atom is -0.486 e. The van der Waals surface area contributed by atoms with Crippen molar-refractivity contribution in [2.75, 3.05) is 18.1 Å². The van der Waals surface area contributed by atoms with Gasteiger partial charge in [-0.25, -0.2) is 4.68 Å². The van der Waals surface area contributed by atoms with Crippen LogP contribution in [0.15, 0.2) is 29.4 Å². The van der Waals surface area contributed by atoms with E-state index in [9.17, 15) is 4.79 Å². The summed E-state index contributed by atoms with van der Waals surface area (Å²) in [5.41, 5.74) is 1.35. The van der Waals surface area contributed by atoms with Gasteiger partial charge in [0.05, 0.1) is 5.75 Å². The number of aromatic nitrogens is 3. The first-order valence-corrected chi connectivity index (χ1v) is 12.1. The van der Waals surface area contributed by atoms with Crippen LogP contribution in [0.2, 0.25) is 0 Å². The number of thioether (sulfide) groups is 1. The third-order valence-corrected chi connectivity index (χ3v) is 6.75. The van der Waals surface area contributed by atoms with Crippen LogP contribution in [-0.4, -0.2) is 44.0 Å². The van der Waals surface area contributed by atoms with Crippen LogP contribution < -0.4 is 10.6 Å². The average Bonchev–Trinajstić information content (AvgIpc) is 3.11. The van der Waals surface area contributed by atoms with Gasteiger partial charge in [-0.3, -0.25) is 4.79 Å². The molecule has 1 aliphatic carbocycles. The van der Waals surface area contributed by atoms with E-state index >= 15 is 0 Å². The fraction of sp³-hybridized carbons (Fsp3) is 0.609. The van der Waals surface area contributed by atoms with Gasteiger partial charge in [0.15, 0.2) is 5.82 Å². The second-order valence-electron chi connectivity index (χ2n) is 9.09. The van der Waals surface area contributed by atoms with Crippen molar-refractivity contribution in [1.29, 1.82) is 0 Å². The molecule has 2 N–H and O–H groups in total. The maximum Gasteiger partial charge on any atom is 0.233 e. The third-order valence-electron chi connectivity index (χ3n) is 5.82. The molecule has 1 fully saturated rings. The molecule has 1 amide bonds. The molecule has 8 heteroatoms. The predicted molar refractivity (Wildman–Crippen MR) is 125 cm³/mol. The zero-order valence-corrected chi connectivity index (χ0v) is 20.0. The fourth-order valence-corrected chi connectivity index (χ4v) is 4.70. The Bertz CT molecular complexity index is 854. The van der Waals surface area contributed by atoms with Gasteiger partial charge in [-0.15, -0.1) is 10.2 Å². The third kappa shape index (κ3) is 6.15. The number of nitrogens with zero attached hydrogens (tertiary/aromatic N) is 4. The summed E-state index contributed by atoms with van der Waals surface area (Å²) >= 11 is 1.33. The van der Waals surface area contributed by atoms with Crippen molar-refractivity contribution in [2.45, 2.75) is 83.0 Å². The Morgan fingerprint density at radius 1 is 1.19 bits per heavy atom. The van der Waals surface area contributed by atoms with E-state index in [-0.39, 0.29) is 17.9 Å². The smallest absolute Gasteiger partial charge is 0.233 e. The van der Waals surface area contributed by atoms with Crippen molar-refractivity contribution in [3.63, 3.8) is 0 Å². The van der Waals surface area contributed by atoms with Gasteiger partial charge in [0.25, 0.3) is 0 Å². The summed E-state index contributed by atoms with van der Waals surface area (Å²) in [5.74, 6) is 7.88. The minimum atomic E-state index is 0.101. The van der Waals surface area contributed by atoms with Gasteiger partial charge in [-0.05, 0) is 42.9 Å². The summed E-state index contributed by atoms with van der Waals surface area (Å²) in [6.45, 7) is 9.55. The van der Waals surface area contributed by atoms with Crippen LogP contribution in [0.1, 0.15) is 71.2 Å². The lowest BCUT2D eigenvalue weighted by atomic mass is 9.87. The van der Waals surface area contributed by atoms with Gasteiger partial charge in [0.2, 0.25) is 11.1 Å². The number of carbonyl (C=O) groups excluding carboxylic acids is 1. The molecule has 0 atom stereocenters. The molecule has 1 saturated carbocycles. The summed E-state index contributed by atoms with van der Waals surface area (Å²) in [6.07, 6.45) is 5.91. The normalized spacial score (nSPS) is 15.1. The molecule has 170 valence electrons. The second kappa shape index (κ2) is 10.4. The van der Waals surface area contributed by atoms with Crippen LogP contribution in [0.5, 0.6) is 5.75 Å². The molecule has 0 aliphatic heterocycles. The molecule has 0 unspecified atom stereocenters. The first kappa shape index (κ1) is 23.4. The van der Waals surface area contributed by atoms with Crippen LogP contribution in [0, 0.1) is 0 Å². The number of carbonyl (C=O) groups is 1. The first-order chi connectivity index (χ1) is 14.8. The van der Waals surface area contributed by atoms with E-state index in [1.165, 1.54) is 41.3 Å². The number of hydrogen-bond donors (Lipinski definition) is 1. The Morgan fingerprint density at radius 3 is 2.48 bits per heavy atom. The van der Waals surface area contributed by atoms with E-state index in [1.807, 2.05) is 24.0 Å². The van der Waals surface area contributed by atoms with Crippen LogP contribution in [0.4, 0.5) is 0 Å². The van der Waals surface area contributed by atoms with Crippen LogP contribution in [-0.2, 0) is 16.8 Å². The molecule has 0 spiro atoms. The van der Waals surface area contributed by atoms with Crippen molar-refractivity contribution < 1.29 is 9.53 Å². The monoisotopic (exact) mass is 445 g/mol. The summed E-state index contributed by atoms with van der Waals surface area (Å²) in [6, 6.07) is 8.42. The molecule has 0 bridgehead atoms. The van der Waals surface area contributed by atoms with Gasteiger partial charge < -0.3 is 15.5 Å². The maximum absolute atomic E-state index is 12.8. The highest BCUT2D eigenvalue weighted by molar-refractivity contribution is 7.99. The number of benzene rings is 1. The quantitative estimate of drug-likeness (QED) is 0.485. The van der Waals surface area contributed by atoms with Gasteiger partial charge >= 0.3 is 0 Å². The molecule has 7 nitrogen and oxygen atoms in total. The van der Waals surface area contributed by atoms with Crippen molar-refractivity contribution in [3.8, 4) is 5.75 Å². The summed E-state index contributed by atoms with van der Waals surface area (Å²) in [5, 5.41) is 8.80. The van der Waals surface area contributed by atoms with Gasteiger partial charge in [0, 0.05) is 12.6 Å². The van der Waals surface area contributed by atoms with Gasteiger partial charge in [-0.2, -0.15) is 0 Å². The van der Waals surface area contributed by atoms with E-state index in [0.29, 0.717) is 22.8 Å². The van der Waals surface area contributed by atoms with E-state index in [2.05, 4.69) is 43.1 Å². The molecule has 1 heterocycles. The van der Waals surface area contributed by atoms with Gasteiger partial charge in [-0.1, -0.05) is 63.9 Å². The number of ether oxygens (including phenoxy) is 1. The van der Waals surface area contributed by atoms with E-state index < -0.39 is 0 Å². The Morgan fingerprint density at radius 2 is 1.87 bits per heavy atom. The number of nitrogen functional groups attached to an aromatic ring is 1. The highest BCUT2D eigenvalue weighted by atomic mass is 32.2. The van der Waals surface area contributed by atoms with E-state index in [4.69, 9.17) is 10.6 Å². The van der Waals surface area contributed by atoms with Crippen molar-refractivity contribution in [3.05, 3.63) is 35.7 Å². The molecular weight excluding hydrogens is 410 g/mol. The largest absolute Gasteiger partial charge is 0.486 e. The first-order valence-electron chi connectivity index (χ1n) is 11.1. The molecule has 3 rings (SSSR count). The number of nitrogens with two attached hydrogens (primary N) is 1. The molecule has 0 radical (unpaired) electrons. The molecule has 1 aromatic heterocycles. The SMILES string of the molecule is CCN(C(=O)CSc1nnc(COc2ccc(C(C)(C)C)cc2)n1N)C1CCCCC1. The zero-order chi connectivity index (χ0) is 22.4. The lowest BCUT2D eigenvalue weighted by molar-refractivity contribution is -0.131. The topological polar surface area (TPSA) is 86.3 Å². The Hall–Kier alpha value is -2.22. The van der Waals surface area contributed by atoms with E-state index in [1.54, 1.807) is 0 Å². The molecule has 2 aromatic rings. The molecule has 1 aliphatic rings. The van der Waals surface area contributed by atoms with Gasteiger partial charge in [0.1, 0.15) is 12.4 Å². The predicted octanol–water partition coefficient (Wildman–Crippen LogP) is 4.14. The number of amides is 1. The molecule has 1 aromatic carbocycles. The number of hydrogen-bond acceptors (Lipinski definition) is 6. The Balaban J connectivity index is 1.53. The second-order valence-corrected chi connectivity index (χ2v) is 10.0. The lowest BCUT2D eigenvalue weighted by Crippen LogP contribution is -2.42. The number of rotatable bonds is 8. The highest BCUT2D eigenvalue weighted by Crippen LogP contribution is 2.26. The van der Waals surface area contributed by atoms with E-state index in [0.717, 1.165) is 25.1 Å². The molecule has 31 heavy (non-hydrogen) atoms. The standard InChI is InChI=1S/C23H35N5O2S/c1-5-27(18-9-7-6-8-10-18)21(29)16-31-22-26-25-20(28(22)24)15-30-19-13-11-17(12-14-19)23(2,3)4/h11-14,18H,5-10,15-16,24H2,1-4H3.